The first-order valence-corrected chi connectivity index (χ1v) is 7.58. The topological polar surface area (TPSA) is 32.5 Å². The molecule has 18 heavy (non-hydrogen) atoms. The van der Waals surface area contributed by atoms with Crippen molar-refractivity contribution >= 4 is 0 Å². The summed E-state index contributed by atoms with van der Waals surface area (Å²) in [5, 5.41) is 0. The quantitative estimate of drug-likeness (QED) is 0.834. The lowest BCUT2D eigenvalue weighted by atomic mass is 9.86. The molecule has 2 rings (SSSR count). The van der Waals surface area contributed by atoms with Crippen molar-refractivity contribution in [2.45, 2.75) is 58.0 Å². The summed E-state index contributed by atoms with van der Waals surface area (Å²) in [6, 6.07) is 0.714. The SMILES string of the molecule is CCC1CN(C2(CN)CCC(C)(C)C2)CCN1C. The Hall–Kier alpha value is -0.120. The Morgan fingerprint density at radius 2 is 1.94 bits per heavy atom. The molecule has 3 nitrogen and oxygen atoms in total. The normalized spacial score (nSPS) is 38.2. The van der Waals surface area contributed by atoms with Gasteiger partial charge in [-0.2, -0.15) is 0 Å². The lowest BCUT2D eigenvalue weighted by Gasteiger charge is -2.48. The smallest absolute Gasteiger partial charge is 0.0338 e. The molecular formula is C15H31N3. The van der Waals surface area contributed by atoms with E-state index in [4.69, 9.17) is 5.73 Å². The van der Waals surface area contributed by atoms with Gasteiger partial charge >= 0.3 is 0 Å². The summed E-state index contributed by atoms with van der Waals surface area (Å²) in [6.45, 7) is 11.5. The first-order chi connectivity index (χ1) is 8.42. The number of rotatable bonds is 3. The van der Waals surface area contributed by atoms with Gasteiger partial charge in [0.1, 0.15) is 0 Å². The van der Waals surface area contributed by atoms with E-state index in [0.717, 1.165) is 6.54 Å². The van der Waals surface area contributed by atoms with Crippen LogP contribution in [0, 0.1) is 5.41 Å². The van der Waals surface area contributed by atoms with Crippen LogP contribution in [0.15, 0.2) is 0 Å². The molecule has 1 saturated carbocycles. The van der Waals surface area contributed by atoms with Crippen LogP contribution >= 0.6 is 0 Å². The Balaban J connectivity index is 2.10. The highest BCUT2D eigenvalue weighted by atomic mass is 15.3. The van der Waals surface area contributed by atoms with Gasteiger partial charge in [-0.15, -0.1) is 0 Å². The highest BCUT2D eigenvalue weighted by Gasteiger charge is 2.47. The number of hydrogen-bond donors (Lipinski definition) is 1. The van der Waals surface area contributed by atoms with Crippen LogP contribution in [0.3, 0.4) is 0 Å². The van der Waals surface area contributed by atoms with Crippen LogP contribution in [0.2, 0.25) is 0 Å². The fourth-order valence-corrected chi connectivity index (χ4v) is 4.03. The van der Waals surface area contributed by atoms with E-state index in [-0.39, 0.29) is 5.54 Å². The molecule has 3 heteroatoms. The summed E-state index contributed by atoms with van der Waals surface area (Å²) in [5.74, 6) is 0. The van der Waals surface area contributed by atoms with Crippen molar-refractivity contribution in [1.29, 1.82) is 0 Å². The van der Waals surface area contributed by atoms with Gasteiger partial charge in [-0.05, 0) is 38.1 Å². The molecule has 1 heterocycles. The minimum atomic E-state index is 0.290. The maximum absolute atomic E-state index is 6.19. The zero-order chi connectivity index (χ0) is 13.4. The van der Waals surface area contributed by atoms with Crippen LogP contribution < -0.4 is 5.73 Å². The van der Waals surface area contributed by atoms with Gasteiger partial charge in [0.05, 0.1) is 0 Å². The van der Waals surface area contributed by atoms with Crippen LogP contribution in [0.1, 0.15) is 46.5 Å². The third kappa shape index (κ3) is 2.59. The van der Waals surface area contributed by atoms with E-state index in [1.165, 1.54) is 45.3 Å². The Morgan fingerprint density at radius 1 is 1.22 bits per heavy atom. The van der Waals surface area contributed by atoms with Gasteiger partial charge in [-0.1, -0.05) is 20.8 Å². The third-order valence-electron chi connectivity index (χ3n) is 5.37. The molecule has 0 aromatic carbocycles. The van der Waals surface area contributed by atoms with Gasteiger partial charge in [0.15, 0.2) is 0 Å². The predicted molar refractivity (Wildman–Crippen MR) is 77.7 cm³/mol. The van der Waals surface area contributed by atoms with E-state index < -0.39 is 0 Å². The largest absolute Gasteiger partial charge is 0.329 e. The Bertz CT molecular complexity index is 289. The second-order valence-corrected chi connectivity index (χ2v) is 7.26. The highest BCUT2D eigenvalue weighted by Crippen LogP contribution is 2.46. The lowest BCUT2D eigenvalue weighted by Crippen LogP contribution is -2.61. The number of hydrogen-bond acceptors (Lipinski definition) is 3. The molecule has 2 atom stereocenters. The summed E-state index contributed by atoms with van der Waals surface area (Å²) < 4.78 is 0. The van der Waals surface area contributed by atoms with Crippen molar-refractivity contribution in [1.82, 2.24) is 9.80 Å². The zero-order valence-corrected chi connectivity index (χ0v) is 12.7. The van der Waals surface area contributed by atoms with E-state index in [0.29, 0.717) is 11.5 Å². The molecule has 2 fully saturated rings. The minimum Gasteiger partial charge on any atom is -0.329 e. The van der Waals surface area contributed by atoms with E-state index in [1.807, 2.05) is 0 Å². The molecule has 2 unspecified atom stereocenters. The van der Waals surface area contributed by atoms with Crippen LogP contribution in [-0.2, 0) is 0 Å². The Morgan fingerprint density at radius 3 is 2.44 bits per heavy atom. The van der Waals surface area contributed by atoms with E-state index in [2.05, 4.69) is 37.6 Å². The summed E-state index contributed by atoms with van der Waals surface area (Å²) in [6.07, 6.45) is 5.14. The first-order valence-electron chi connectivity index (χ1n) is 7.58. The molecule has 0 radical (unpaired) electrons. The van der Waals surface area contributed by atoms with Gasteiger partial charge in [0.2, 0.25) is 0 Å². The standard InChI is InChI=1S/C15H31N3/c1-5-13-10-18(9-8-17(13)4)15(12-16)7-6-14(2,3)11-15/h13H,5-12,16H2,1-4H3. The Labute approximate surface area is 113 Å². The monoisotopic (exact) mass is 253 g/mol. The van der Waals surface area contributed by atoms with Gasteiger partial charge in [0.25, 0.3) is 0 Å². The highest BCUT2D eigenvalue weighted by molar-refractivity contribution is 5.04. The van der Waals surface area contributed by atoms with Crippen molar-refractivity contribution in [3.05, 3.63) is 0 Å². The van der Waals surface area contributed by atoms with Gasteiger partial charge in [-0.3, -0.25) is 4.90 Å². The molecule has 2 aliphatic rings. The summed E-state index contributed by atoms with van der Waals surface area (Å²) in [4.78, 5) is 5.23. The summed E-state index contributed by atoms with van der Waals surface area (Å²) >= 11 is 0. The average Bonchev–Trinajstić information content (AvgIpc) is 2.67. The number of likely N-dealkylation sites (N-methyl/N-ethyl adjacent to an activating group) is 1. The molecule has 1 aliphatic carbocycles. The van der Waals surface area contributed by atoms with E-state index in [1.54, 1.807) is 0 Å². The first kappa shape index (κ1) is 14.3. The fourth-order valence-electron chi connectivity index (χ4n) is 4.03. The predicted octanol–water partition coefficient (Wildman–Crippen LogP) is 1.92. The molecule has 0 aromatic heterocycles. The van der Waals surface area contributed by atoms with Crippen molar-refractivity contribution < 1.29 is 0 Å². The van der Waals surface area contributed by atoms with Crippen LogP contribution in [0.5, 0.6) is 0 Å². The molecule has 106 valence electrons. The van der Waals surface area contributed by atoms with Gasteiger partial charge in [-0.25, -0.2) is 0 Å². The molecule has 0 bridgehead atoms. The Kier molecular flexibility index (Phi) is 4.05. The van der Waals surface area contributed by atoms with Crippen molar-refractivity contribution in [3.8, 4) is 0 Å². The maximum atomic E-state index is 6.19. The zero-order valence-electron chi connectivity index (χ0n) is 12.7. The second-order valence-electron chi connectivity index (χ2n) is 7.26. The molecule has 2 N–H and O–H groups in total. The summed E-state index contributed by atoms with van der Waals surface area (Å²) in [5.41, 5.74) is 6.95. The van der Waals surface area contributed by atoms with Crippen molar-refractivity contribution in [2.24, 2.45) is 11.1 Å². The summed E-state index contributed by atoms with van der Waals surface area (Å²) in [7, 11) is 2.26. The molecule has 0 aromatic rings. The number of nitrogens with zero attached hydrogens (tertiary/aromatic N) is 2. The van der Waals surface area contributed by atoms with E-state index in [9.17, 15) is 0 Å². The maximum Gasteiger partial charge on any atom is 0.0338 e. The molecular weight excluding hydrogens is 222 g/mol. The van der Waals surface area contributed by atoms with Crippen molar-refractivity contribution in [2.75, 3.05) is 33.2 Å². The second kappa shape index (κ2) is 5.10. The van der Waals surface area contributed by atoms with Gasteiger partial charge < -0.3 is 10.6 Å². The lowest BCUT2D eigenvalue weighted by molar-refractivity contribution is 0.0101. The van der Waals surface area contributed by atoms with E-state index >= 15 is 0 Å². The molecule has 1 saturated heterocycles. The minimum absolute atomic E-state index is 0.290. The van der Waals surface area contributed by atoms with Gasteiger partial charge in [0, 0.05) is 37.8 Å². The number of piperazine rings is 1. The molecule has 0 spiro atoms. The van der Waals surface area contributed by atoms with Crippen LogP contribution in [0.4, 0.5) is 0 Å². The van der Waals surface area contributed by atoms with Crippen LogP contribution in [-0.4, -0.2) is 54.6 Å². The van der Waals surface area contributed by atoms with Crippen LogP contribution in [0.25, 0.3) is 0 Å². The average molecular weight is 253 g/mol. The number of nitrogens with two attached hydrogens (primary N) is 1. The fraction of sp³-hybridized carbons (Fsp3) is 1.00. The molecule has 0 amide bonds. The molecule has 1 aliphatic heterocycles. The third-order valence-corrected chi connectivity index (χ3v) is 5.37. The van der Waals surface area contributed by atoms with Crippen molar-refractivity contribution in [3.63, 3.8) is 0 Å².